The number of rotatable bonds is 0. The van der Waals surface area contributed by atoms with Gasteiger partial charge in [-0.1, -0.05) is 42.3 Å². The van der Waals surface area contributed by atoms with Crippen LogP contribution in [0.5, 0.6) is 0 Å². The molecule has 1 aromatic rings. The zero-order valence-electron chi connectivity index (χ0n) is 10.3. The van der Waals surface area contributed by atoms with Crippen LogP contribution < -0.4 is 10.6 Å². The second-order valence-corrected chi connectivity index (χ2v) is 5.36. The second kappa shape index (κ2) is 5.27. The highest BCUT2D eigenvalue weighted by Gasteiger charge is 2.07. The molecule has 2 heterocycles. The van der Waals surface area contributed by atoms with Crippen LogP contribution in [0.2, 0.25) is 0 Å². The van der Waals surface area contributed by atoms with Crippen molar-refractivity contribution in [2.75, 3.05) is 6.54 Å². The molecule has 19 heavy (non-hydrogen) atoms. The van der Waals surface area contributed by atoms with E-state index in [4.69, 9.17) is 0 Å². The molecule has 0 aromatic heterocycles. The van der Waals surface area contributed by atoms with E-state index >= 15 is 0 Å². The Morgan fingerprint density at radius 2 is 2.16 bits per heavy atom. The maximum absolute atomic E-state index is 4.67. The number of allylic oxidation sites excluding steroid dienone is 2. The van der Waals surface area contributed by atoms with Gasteiger partial charge in [0.1, 0.15) is 0 Å². The first-order valence-electron chi connectivity index (χ1n) is 5.98. The Balaban J connectivity index is 2.18. The van der Waals surface area contributed by atoms with Gasteiger partial charge < -0.3 is 0 Å². The number of para-hydroxylation sites is 1. The smallest absolute Gasteiger partial charge is 0.0687 e. The number of benzene rings is 1. The predicted octanol–water partition coefficient (Wildman–Crippen LogP) is 2.35. The largest absolute Gasteiger partial charge is 0.280 e. The summed E-state index contributed by atoms with van der Waals surface area (Å²) in [4.78, 5) is 10.9. The van der Waals surface area contributed by atoms with Gasteiger partial charge in [0.05, 0.1) is 18.1 Å². The molecule has 92 valence electrons. The van der Waals surface area contributed by atoms with Crippen molar-refractivity contribution in [3.8, 4) is 0 Å². The van der Waals surface area contributed by atoms with Crippen molar-refractivity contribution in [3.05, 3.63) is 74.8 Å². The number of hydrogen-bond acceptors (Lipinski definition) is 3. The van der Waals surface area contributed by atoms with Crippen LogP contribution in [0, 0.1) is 0 Å². The summed E-state index contributed by atoms with van der Waals surface area (Å²) in [5, 5.41) is 2.10. The average Bonchev–Trinajstić information content (AvgIpc) is 2.59. The summed E-state index contributed by atoms with van der Waals surface area (Å²) < 4.78 is 0. The van der Waals surface area contributed by atoms with Crippen molar-refractivity contribution < 1.29 is 0 Å². The van der Waals surface area contributed by atoms with Gasteiger partial charge in [-0.05, 0) is 18.2 Å². The highest BCUT2D eigenvalue weighted by Crippen LogP contribution is 2.29. The minimum atomic E-state index is 0.621. The molecule has 1 aromatic carbocycles. The summed E-state index contributed by atoms with van der Waals surface area (Å²) >= 11 is 1.64. The number of aliphatic imine (C=N–C) groups is 1. The lowest BCUT2D eigenvalue weighted by molar-refractivity contribution is 1.11. The van der Waals surface area contributed by atoms with Crippen molar-refractivity contribution in [2.24, 2.45) is 9.98 Å². The summed E-state index contributed by atoms with van der Waals surface area (Å²) in [5.74, 6) is 0. The van der Waals surface area contributed by atoms with Gasteiger partial charge in [-0.2, -0.15) is 0 Å². The van der Waals surface area contributed by atoms with Crippen molar-refractivity contribution in [1.29, 1.82) is 0 Å². The molecule has 2 nitrogen and oxygen atoms in total. The van der Waals surface area contributed by atoms with Crippen LogP contribution >= 0.6 is 11.8 Å². The fourth-order valence-corrected chi connectivity index (χ4v) is 2.77. The second-order valence-electron chi connectivity index (χ2n) is 4.20. The van der Waals surface area contributed by atoms with Crippen molar-refractivity contribution >= 4 is 24.1 Å². The Kier molecular flexibility index (Phi) is 3.32. The summed E-state index contributed by atoms with van der Waals surface area (Å²) in [5.41, 5.74) is 4.13. The molecular weight excluding hydrogens is 252 g/mol. The molecule has 0 spiro atoms. The molecule has 3 heteroatoms. The summed E-state index contributed by atoms with van der Waals surface area (Å²) in [7, 11) is 0. The zero-order chi connectivity index (χ0) is 13.1. The SMILES string of the molecule is C=C1/C=c2/cccc/c2=N/CC2=C(C=C=CN=C2)S1. The third-order valence-electron chi connectivity index (χ3n) is 2.82. The molecule has 0 bridgehead atoms. The standard InChI is InChI=1S/C16H12N2S/c1-12-9-13-5-2-3-6-15(13)18-11-14-10-17-8-4-7-16(14)19-12/h2-3,5-10H,1,11H2/b13-9-,18-15-. The summed E-state index contributed by atoms with van der Waals surface area (Å²) in [6.45, 7) is 4.73. The Hall–Kier alpha value is -2.09. The Morgan fingerprint density at radius 1 is 1.26 bits per heavy atom. The third kappa shape index (κ3) is 2.68. The molecule has 0 saturated carbocycles. The van der Waals surface area contributed by atoms with Crippen molar-refractivity contribution in [2.45, 2.75) is 0 Å². The lowest BCUT2D eigenvalue weighted by atomic mass is 10.2. The predicted molar refractivity (Wildman–Crippen MR) is 81.5 cm³/mol. The highest BCUT2D eigenvalue weighted by atomic mass is 32.2. The molecule has 0 atom stereocenters. The van der Waals surface area contributed by atoms with Gasteiger partial charge in [-0.15, -0.1) is 0 Å². The van der Waals surface area contributed by atoms with E-state index in [2.05, 4.69) is 34.4 Å². The van der Waals surface area contributed by atoms with Crippen LogP contribution in [0.3, 0.4) is 0 Å². The van der Waals surface area contributed by atoms with E-state index in [1.54, 1.807) is 18.0 Å². The summed E-state index contributed by atoms with van der Waals surface area (Å²) in [6.07, 6.45) is 7.53. The Morgan fingerprint density at radius 3 is 3.11 bits per heavy atom. The molecule has 2 aliphatic heterocycles. The monoisotopic (exact) mass is 264 g/mol. The fourth-order valence-electron chi connectivity index (χ4n) is 1.92. The Bertz CT molecular complexity index is 775. The van der Waals surface area contributed by atoms with Crippen LogP contribution in [0.1, 0.15) is 0 Å². The van der Waals surface area contributed by atoms with Gasteiger partial charge in [0.15, 0.2) is 0 Å². The fraction of sp³-hybridized carbons (Fsp3) is 0.0625. The van der Waals surface area contributed by atoms with Crippen molar-refractivity contribution in [3.63, 3.8) is 0 Å². The maximum Gasteiger partial charge on any atom is 0.0687 e. The van der Waals surface area contributed by atoms with Crippen molar-refractivity contribution in [1.82, 2.24) is 0 Å². The van der Waals surface area contributed by atoms with Gasteiger partial charge in [0.2, 0.25) is 0 Å². The maximum atomic E-state index is 4.67. The van der Waals surface area contributed by atoms with Gasteiger partial charge in [0.25, 0.3) is 0 Å². The van der Waals surface area contributed by atoms with Crippen LogP contribution in [-0.4, -0.2) is 12.8 Å². The van der Waals surface area contributed by atoms with E-state index in [-0.39, 0.29) is 0 Å². The van der Waals surface area contributed by atoms with Gasteiger partial charge in [0, 0.05) is 26.8 Å². The third-order valence-corrected chi connectivity index (χ3v) is 3.80. The minimum absolute atomic E-state index is 0.621. The first-order valence-corrected chi connectivity index (χ1v) is 6.80. The zero-order valence-corrected chi connectivity index (χ0v) is 11.2. The molecular formula is C16H12N2S. The molecule has 0 radical (unpaired) electrons. The normalized spacial score (nSPS) is 20.9. The molecule has 2 aliphatic rings. The molecule has 0 saturated heterocycles. The lowest BCUT2D eigenvalue weighted by Gasteiger charge is -2.04. The average molecular weight is 264 g/mol. The molecule has 3 rings (SSSR count). The first-order chi connectivity index (χ1) is 9.33. The lowest BCUT2D eigenvalue weighted by Crippen LogP contribution is -2.24. The molecule has 0 amide bonds. The van der Waals surface area contributed by atoms with E-state index in [1.165, 1.54) is 0 Å². The van der Waals surface area contributed by atoms with Gasteiger partial charge in [-0.25, -0.2) is 0 Å². The van der Waals surface area contributed by atoms with Crippen LogP contribution in [0.25, 0.3) is 6.08 Å². The molecule has 0 fully saturated rings. The molecule has 0 aliphatic carbocycles. The number of fused-ring (bicyclic) bond motifs is 1. The van der Waals surface area contributed by atoms with Crippen LogP contribution in [0.15, 0.2) is 74.2 Å². The van der Waals surface area contributed by atoms with Crippen LogP contribution in [0.4, 0.5) is 0 Å². The number of hydrogen-bond donors (Lipinski definition) is 0. The highest BCUT2D eigenvalue weighted by molar-refractivity contribution is 8.07. The van der Waals surface area contributed by atoms with Crippen LogP contribution in [-0.2, 0) is 0 Å². The van der Waals surface area contributed by atoms with Gasteiger partial charge >= 0.3 is 0 Å². The van der Waals surface area contributed by atoms with E-state index in [1.807, 2.05) is 30.5 Å². The Labute approximate surface area is 116 Å². The topological polar surface area (TPSA) is 24.7 Å². The molecule has 0 unspecified atom stereocenters. The number of nitrogens with zero attached hydrogens (tertiary/aromatic N) is 2. The quantitative estimate of drug-likeness (QED) is 0.660. The van der Waals surface area contributed by atoms with E-state index in [0.717, 1.165) is 26.0 Å². The van der Waals surface area contributed by atoms with E-state index in [0.29, 0.717) is 6.54 Å². The molecule has 0 N–H and O–H groups in total. The number of thioether (sulfide) groups is 1. The summed E-state index contributed by atoms with van der Waals surface area (Å²) in [6, 6.07) is 8.10. The van der Waals surface area contributed by atoms with E-state index < -0.39 is 0 Å². The van der Waals surface area contributed by atoms with E-state index in [9.17, 15) is 0 Å². The first kappa shape index (κ1) is 12.0. The minimum Gasteiger partial charge on any atom is -0.280 e. The van der Waals surface area contributed by atoms with Gasteiger partial charge in [-0.3, -0.25) is 9.98 Å².